The topological polar surface area (TPSA) is 194 Å². The van der Waals surface area contributed by atoms with Gasteiger partial charge in [-0.15, -0.1) is 0 Å². The lowest BCUT2D eigenvalue weighted by Crippen LogP contribution is -2.38. The van der Waals surface area contributed by atoms with E-state index in [1.807, 2.05) is 0 Å². The first kappa shape index (κ1) is 31.9. The van der Waals surface area contributed by atoms with Gasteiger partial charge in [-0.1, -0.05) is 12.1 Å². The Morgan fingerprint density at radius 2 is 1.82 bits per heavy atom. The Morgan fingerprint density at radius 3 is 2.37 bits per heavy atom. The van der Waals surface area contributed by atoms with Crippen molar-refractivity contribution in [1.29, 1.82) is 0 Å². The molecule has 38 heavy (non-hydrogen) atoms. The zero-order valence-electron chi connectivity index (χ0n) is 20.5. The number of hydrogen-bond donors (Lipinski definition) is 5. The lowest BCUT2D eigenvalue weighted by Gasteiger charge is -2.14. The van der Waals surface area contributed by atoms with E-state index in [1.165, 1.54) is 29.8 Å². The Morgan fingerprint density at radius 1 is 1.18 bits per heavy atom. The summed E-state index contributed by atoms with van der Waals surface area (Å²) in [5.41, 5.74) is 8.26. The van der Waals surface area contributed by atoms with Gasteiger partial charge in [0, 0.05) is 19.3 Å². The van der Waals surface area contributed by atoms with Crippen LogP contribution in [0.25, 0.3) is 0 Å². The lowest BCUT2D eigenvalue weighted by molar-refractivity contribution is -0.192. The van der Waals surface area contributed by atoms with E-state index in [2.05, 4.69) is 20.5 Å². The highest BCUT2D eigenvalue weighted by atomic mass is 32.2. The Labute approximate surface area is 215 Å². The number of nitrogens with one attached hydrogen (secondary N) is 3. The number of nitrogens with two attached hydrogens (primary N) is 1. The van der Waals surface area contributed by atoms with Crippen molar-refractivity contribution < 1.29 is 41.1 Å². The standard InChI is InChI=1S/C19H26N6O5S.C2HF3O2/c1-13-5-4-6-15(11-13)31(28,29)24-16-8-7-14(2)25(18(16)27)12-17(26)22-9-10-30-23-19(20)21-3;3-2(4,5)1(6)7/h4-8,11,24H,9-10,12H2,1-3H3,(H,22,26)(H3,20,21,23);(H,6,7). The van der Waals surface area contributed by atoms with Crippen molar-refractivity contribution in [3.63, 3.8) is 0 Å². The molecule has 0 aliphatic heterocycles. The minimum absolute atomic E-state index is 0.0409. The van der Waals surface area contributed by atoms with Gasteiger partial charge in [-0.05, 0) is 43.7 Å². The number of alkyl halides is 3. The van der Waals surface area contributed by atoms with Crippen LogP contribution in [-0.2, 0) is 31.0 Å². The van der Waals surface area contributed by atoms with E-state index >= 15 is 0 Å². The number of anilines is 1. The van der Waals surface area contributed by atoms with E-state index in [9.17, 15) is 31.2 Å². The number of hydrogen-bond acceptors (Lipinski definition) is 7. The second-order valence-electron chi connectivity index (χ2n) is 7.41. The summed E-state index contributed by atoms with van der Waals surface area (Å²) in [6.07, 6.45) is -5.08. The second-order valence-corrected chi connectivity index (χ2v) is 9.10. The highest BCUT2D eigenvalue weighted by Crippen LogP contribution is 2.15. The molecule has 1 amide bonds. The molecule has 1 heterocycles. The minimum Gasteiger partial charge on any atom is -0.475 e. The molecule has 17 heteroatoms. The third kappa shape index (κ3) is 10.5. The SMILES string of the molecule is CN=C(N)NOCCNC(=O)Cn1c(C)ccc(NS(=O)(=O)c2cccc(C)c2)c1=O.O=C(O)C(F)(F)F. The Balaban J connectivity index is 0.000000905. The van der Waals surface area contributed by atoms with Gasteiger partial charge in [0.05, 0.1) is 11.5 Å². The van der Waals surface area contributed by atoms with Crippen LogP contribution in [0.15, 0.2) is 51.1 Å². The molecule has 210 valence electrons. The van der Waals surface area contributed by atoms with E-state index in [4.69, 9.17) is 20.5 Å². The summed E-state index contributed by atoms with van der Waals surface area (Å²) in [6, 6.07) is 9.25. The summed E-state index contributed by atoms with van der Waals surface area (Å²) in [6.45, 7) is 3.41. The number of aliphatic imine (C=N–C) groups is 1. The number of benzene rings is 1. The number of carboxylic acid groups (broad SMARTS) is 1. The normalized spacial score (nSPS) is 11.7. The van der Waals surface area contributed by atoms with E-state index in [1.54, 1.807) is 32.0 Å². The summed E-state index contributed by atoms with van der Waals surface area (Å²) in [5.74, 6) is -3.10. The molecule has 2 aromatic rings. The number of sulfonamides is 1. The second kappa shape index (κ2) is 14.0. The third-order valence-electron chi connectivity index (χ3n) is 4.42. The van der Waals surface area contributed by atoms with Crippen molar-refractivity contribution in [3.05, 3.63) is 58.0 Å². The minimum atomic E-state index is -5.08. The highest BCUT2D eigenvalue weighted by molar-refractivity contribution is 7.92. The molecule has 0 saturated heterocycles. The Hall–Kier alpha value is -4.12. The maximum Gasteiger partial charge on any atom is 0.490 e. The summed E-state index contributed by atoms with van der Waals surface area (Å²) in [5, 5.41) is 9.72. The molecule has 0 aliphatic carbocycles. The molecule has 0 bridgehead atoms. The third-order valence-corrected chi connectivity index (χ3v) is 5.79. The molecule has 13 nitrogen and oxygen atoms in total. The molecule has 2 rings (SSSR count). The number of amides is 1. The van der Waals surface area contributed by atoms with Gasteiger partial charge in [-0.25, -0.2) is 18.7 Å². The Bertz CT molecular complexity index is 1330. The van der Waals surface area contributed by atoms with Gasteiger partial charge in [0.25, 0.3) is 15.6 Å². The molecular weight excluding hydrogens is 537 g/mol. The van der Waals surface area contributed by atoms with Gasteiger partial charge in [0.15, 0.2) is 0 Å². The van der Waals surface area contributed by atoms with Gasteiger partial charge < -0.3 is 20.7 Å². The van der Waals surface area contributed by atoms with Gasteiger partial charge in [-0.3, -0.25) is 24.1 Å². The highest BCUT2D eigenvalue weighted by Gasteiger charge is 2.38. The van der Waals surface area contributed by atoms with E-state index in [0.29, 0.717) is 5.69 Å². The summed E-state index contributed by atoms with van der Waals surface area (Å²) in [4.78, 5) is 42.5. The van der Waals surface area contributed by atoms with Crippen LogP contribution in [0.5, 0.6) is 0 Å². The fraction of sp³-hybridized carbons (Fsp3) is 0.333. The molecule has 0 atom stereocenters. The van der Waals surface area contributed by atoms with Crippen molar-refractivity contribution in [3.8, 4) is 0 Å². The number of hydroxylamine groups is 1. The van der Waals surface area contributed by atoms with Crippen molar-refractivity contribution in [2.24, 2.45) is 10.7 Å². The predicted octanol–water partition coefficient (Wildman–Crippen LogP) is 0.481. The molecule has 0 spiro atoms. The zero-order valence-corrected chi connectivity index (χ0v) is 21.3. The average molecular weight is 565 g/mol. The van der Waals surface area contributed by atoms with E-state index in [-0.39, 0.29) is 36.2 Å². The largest absolute Gasteiger partial charge is 0.490 e. The maximum atomic E-state index is 12.8. The number of aliphatic carboxylic acids is 1. The number of carboxylic acids is 1. The van der Waals surface area contributed by atoms with Crippen molar-refractivity contribution in [1.82, 2.24) is 15.4 Å². The van der Waals surface area contributed by atoms with E-state index in [0.717, 1.165) is 5.56 Å². The summed E-state index contributed by atoms with van der Waals surface area (Å²) >= 11 is 0. The molecule has 0 radical (unpaired) electrons. The maximum absolute atomic E-state index is 12.8. The molecule has 0 fully saturated rings. The van der Waals surface area contributed by atoms with Crippen LogP contribution in [0.2, 0.25) is 0 Å². The first-order valence-corrected chi connectivity index (χ1v) is 12.0. The van der Waals surface area contributed by atoms with Gasteiger partial charge in [0.1, 0.15) is 12.2 Å². The number of aryl methyl sites for hydroxylation is 2. The van der Waals surface area contributed by atoms with Gasteiger partial charge in [-0.2, -0.15) is 13.2 Å². The smallest absolute Gasteiger partial charge is 0.475 e. The van der Waals surface area contributed by atoms with Crippen molar-refractivity contribution in [2.75, 3.05) is 24.9 Å². The number of guanidine groups is 1. The molecule has 1 aromatic heterocycles. The van der Waals surface area contributed by atoms with Crippen molar-refractivity contribution >= 4 is 33.5 Å². The molecule has 0 saturated carbocycles. The fourth-order valence-electron chi connectivity index (χ4n) is 2.54. The van der Waals surface area contributed by atoms with Crippen LogP contribution in [0.1, 0.15) is 11.3 Å². The monoisotopic (exact) mass is 564 g/mol. The van der Waals surface area contributed by atoms with Crippen LogP contribution < -0.4 is 26.8 Å². The molecule has 0 aliphatic rings. The van der Waals surface area contributed by atoms with Crippen molar-refractivity contribution in [2.45, 2.75) is 31.5 Å². The predicted molar refractivity (Wildman–Crippen MR) is 131 cm³/mol. The van der Waals surface area contributed by atoms with Crippen LogP contribution in [0, 0.1) is 13.8 Å². The number of pyridine rings is 1. The van der Waals surface area contributed by atoms with Gasteiger partial charge in [0.2, 0.25) is 11.9 Å². The number of nitrogens with zero attached hydrogens (tertiary/aromatic N) is 2. The number of carbonyl (C=O) groups excluding carboxylic acids is 1. The molecule has 0 unspecified atom stereocenters. The number of aromatic nitrogens is 1. The Kier molecular flexibility index (Phi) is 11.7. The summed E-state index contributed by atoms with van der Waals surface area (Å²) in [7, 11) is -2.46. The number of carbonyl (C=O) groups is 2. The lowest BCUT2D eigenvalue weighted by atomic mass is 10.2. The van der Waals surface area contributed by atoms with Crippen LogP contribution >= 0.6 is 0 Å². The molecule has 6 N–H and O–H groups in total. The van der Waals surface area contributed by atoms with E-state index < -0.39 is 33.6 Å². The van der Waals surface area contributed by atoms with Crippen LogP contribution in [0.4, 0.5) is 18.9 Å². The fourth-order valence-corrected chi connectivity index (χ4v) is 3.70. The molecule has 1 aromatic carbocycles. The van der Waals surface area contributed by atoms with Gasteiger partial charge >= 0.3 is 12.1 Å². The number of rotatable bonds is 9. The first-order valence-electron chi connectivity index (χ1n) is 10.5. The quantitative estimate of drug-likeness (QED) is 0.125. The van der Waals surface area contributed by atoms with Crippen LogP contribution in [-0.4, -0.2) is 62.3 Å². The molecular formula is C21H27F3N6O7S. The first-order chi connectivity index (χ1) is 17.6. The zero-order chi connectivity index (χ0) is 29.1. The summed E-state index contributed by atoms with van der Waals surface area (Å²) < 4.78 is 60.5. The van der Waals surface area contributed by atoms with Crippen LogP contribution in [0.3, 0.4) is 0 Å². The number of halogens is 3. The average Bonchev–Trinajstić information content (AvgIpc) is 2.83.